The normalized spacial score (nSPS) is 20.9. The molecule has 0 saturated carbocycles. The fourth-order valence-electron chi connectivity index (χ4n) is 3.69. The molecule has 2 aromatic heterocycles. The molecule has 0 unspecified atom stereocenters. The third-order valence-electron chi connectivity index (χ3n) is 5.08. The maximum atomic E-state index is 12.9. The zero-order valence-electron chi connectivity index (χ0n) is 15.4. The number of morpholine rings is 1. The highest BCUT2D eigenvalue weighted by Crippen LogP contribution is 2.40. The molecule has 2 aliphatic heterocycles. The third-order valence-corrected chi connectivity index (χ3v) is 6.01. The van der Waals surface area contributed by atoms with E-state index in [-0.39, 0.29) is 11.3 Å². The smallest absolute Gasteiger partial charge is 0.290 e. The maximum absolute atomic E-state index is 12.9. The number of amides is 1. The van der Waals surface area contributed by atoms with Gasteiger partial charge in [0.05, 0.1) is 31.1 Å². The van der Waals surface area contributed by atoms with Gasteiger partial charge < -0.3 is 19.2 Å². The van der Waals surface area contributed by atoms with Gasteiger partial charge in [-0.05, 0) is 30.0 Å². The Morgan fingerprint density at radius 1 is 1.21 bits per heavy atom. The van der Waals surface area contributed by atoms with E-state index in [9.17, 15) is 14.7 Å². The van der Waals surface area contributed by atoms with Gasteiger partial charge in [-0.1, -0.05) is 6.07 Å². The second-order valence-corrected chi connectivity index (χ2v) is 7.77. The van der Waals surface area contributed by atoms with Crippen LogP contribution in [0.3, 0.4) is 0 Å². The van der Waals surface area contributed by atoms with Crippen LogP contribution in [0.4, 0.5) is 0 Å². The van der Waals surface area contributed by atoms with Gasteiger partial charge in [0.25, 0.3) is 5.91 Å². The van der Waals surface area contributed by atoms with Crippen LogP contribution in [0.25, 0.3) is 0 Å². The number of aliphatic hydroxyl groups excluding tert-OH is 1. The van der Waals surface area contributed by atoms with Crippen molar-refractivity contribution in [1.82, 2.24) is 9.80 Å². The molecule has 4 rings (SSSR count). The molecule has 0 radical (unpaired) electrons. The minimum Gasteiger partial charge on any atom is -0.503 e. The van der Waals surface area contributed by atoms with E-state index >= 15 is 0 Å². The molecule has 2 aliphatic rings. The monoisotopic (exact) mass is 402 g/mol. The standard InChI is InChI=1S/C20H22N2O5S/c23-18(14-4-1-10-27-14)16-17(15-5-2-13-28-15)22(20(25)19(16)24)7-3-6-21-8-11-26-12-9-21/h1-2,4-5,10,13,17,24H,3,6-9,11-12H2/t17-/m0/s1. The van der Waals surface area contributed by atoms with Crippen molar-refractivity contribution in [3.63, 3.8) is 0 Å². The molecule has 0 aliphatic carbocycles. The number of carbonyl (C=O) groups excluding carboxylic acids is 2. The van der Waals surface area contributed by atoms with Crippen LogP contribution in [0.15, 0.2) is 51.7 Å². The van der Waals surface area contributed by atoms with Gasteiger partial charge in [0.15, 0.2) is 11.5 Å². The Morgan fingerprint density at radius 3 is 2.71 bits per heavy atom. The van der Waals surface area contributed by atoms with Gasteiger partial charge in [0.1, 0.15) is 0 Å². The quantitative estimate of drug-likeness (QED) is 0.717. The summed E-state index contributed by atoms with van der Waals surface area (Å²) in [5, 5.41) is 12.4. The molecule has 28 heavy (non-hydrogen) atoms. The number of hydrogen-bond donors (Lipinski definition) is 1. The maximum Gasteiger partial charge on any atom is 0.290 e. The highest BCUT2D eigenvalue weighted by Gasteiger charge is 2.44. The van der Waals surface area contributed by atoms with Gasteiger partial charge in [-0.15, -0.1) is 11.3 Å². The van der Waals surface area contributed by atoms with Gasteiger partial charge in [-0.3, -0.25) is 14.5 Å². The van der Waals surface area contributed by atoms with Crippen molar-refractivity contribution in [2.45, 2.75) is 12.5 Å². The Morgan fingerprint density at radius 2 is 2.04 bits per heavy atom. The van der Waals surface area contributed by atoms with E-state index in [4.69, 9.17) is 9.15 Å². The average molecular weight is 402 g/mol. The molecule has 1 fully saturated rings. The summed E-state index contributed by atoms with van der Waals surface area (Å²) in [6.07, 6.45) is 2.16. The first-order chi connectivity index (χ1) is 13.7. The Labute approximate surface area is 166 Å². The van der Waals surface area contributed by atoms with Crippen LogP contribution in [0.1, 0.15) is 27.9 Å². The fraction of sp³-hybridized carbons (Fsp3) is 0.400. The lowest BCUT2D eigenvalue weighted by atomic mass is 10.0. The van der Waals surface area contributed by atoms with Crippen molar-refractivity contribution < 1.29 is 23.8 Å². The molecule has 2 aromatic rings. The van der Waals surface area contributed by atoms with Crippen LogP contribution < -0.4 is 0 Å². The van der Waals surface area contributed by atoms with E-state index in [1.807, 2.05) is 17.5 Å². The van der Waals surface area contributed by atoms with Crippen molar-refractivity contribution in [3.8, 4) is 0 Å². The number of thiophene rings is 1. The van der Waals surface area contributed by atoms with Crippen LogP contribution in [0.5, 0.6) is 0 Å². The number of furan rings is 1. The Kier molecular flexibility index (Phi) is 5.61. The first kappa shape index (κ1) is 18.9. The number of Topliss-reactive ketones (excluding diaryl/α,β-unsaturated/α-hetero) is 1. The average Bonchev–Trinajstić information content (AvgIpc) is 3.46. The minimum atomic E-state index is -0.588. The van der Waals surface area contributed by atoms with Crippen molar-refractivity contribution in [1.29, 1.82) is 0 Å². The number of aliphatic hydroxyl groups is 1. The lowest BCUT2D eigenvalue weighted by Crippen LogP contribution is -2.39. The molecule has 0 spiro atoms. The Bertz CT molecular complexity index is 853. The number of ether oxygens (including phenoxy) is 1. The van der Waals surface area contributed by atoms with Crippen molar-refractivity contribution in [2.75, 3.05) is 39.4 Å². The molecule has 0 bridgehead atoms. The lowest BCUT2D eigenvalue weighted by molar-refractivity contribution is -0.129. The fourth-order valence-corrected chi connectivity index (χ4v) is 4.53. The summed E-state index contributed by atoms with van der Waals surface area (Å²) in [6, 6.07) is 6.32. The molecule has 8 heteroatoms. The topological polar surface area (TPSA) is 83.2 Å². The summed E-state index contributed by atoms with van der Waals surface area (Å²) in [5.74, 6) is -1.32. The largest absolute Gasteiger partial charge is 0.503 e. The predicted octanol–water partition coefficient (Wildman–Crippen LogP) is 2.64. The summed E-state index contributed by atoms with van der Waals surface area (Å²) in [5.41, 5.74) is 0.0915. The SMILES string of the molecule is O=C(C1=C(O)C(=O)N(CCCN2CCOCC2)[C@H]1c1cccs1)c1ccco1. The number of nitrogens with zero attached hydrogens (tertiary/aromatic N) is 2. The molecule has 4 heterocycles. The molecular weight excluding hydrogens is 380 g/mol. The van der Waals surface area contributed by atoms with Crippen LogP contribution in [0, 0.1) is 0 Å². The number of hydrogen-bond acceptors (Lipinski definition) is 7. The molecule has 1 amide bonds. The highest BCUT2D eigenvalue weighted by molar-refractivity contribution is 7.10. The first-order valence-corrected chi connectivity index (χ1v) is 10.2. The summed E-state index contributed by atoms with van der Waals surface area (Å²) < 4.78 is 10.6. The van der Waals surface area contributed by atoms with Crippen molar-refractivity contribution >= 4 is 23.0 Å². The third kappa shape index (κ3) is 3.63. The molecule has 0 aromatic carbocycles. The summed E-state index contributed by atoms with van der Waals surface area (Å²) >= 11 is 1.46. The number of carbonyl (C=O) groups is 2. The van der Waals surface area contributed by atoms with E-state index in [0.717, 1.165) is 44.1 Å². The Hall–Kier alpha value is -2.42. The Balaban J connectivity index is 1.54. The molecule has 1 saturated heterocycles. The zero-order valence-corrected chi connectivity index (χ0v) is 16.2. The van der Waals surface area contributed by atoms with Gasteiger partial charge in [0, 0.05) is 31.1 Å². The minimum absolute atomic E-state index is 0.0915. The van der Waals surface area contributed by atoms with Gasteiger partial charge in [0.2, 0.25) is 5.78 Å². The van der Waals surface area contributed by atoms with Crippen LogP contribution in [-0.4, -0.2) is 66.0 Å². The zero-order chi connectivity index (χ0) is 19.5. The molecule has 148 valence electrons. The molecule has 1 atom stereocenters. The number of ketones is 1. The highest BCUT2D eigenvalue weighted by atomic mass is 32.1. The van der Waals surface area contributed by atoms with Gasteiger partial charge in [-0.2, -0.15) is 0 Å². The van der Waals surface area contributed by atoms with Crippen LogP contribution >= 0.6 is 11.3 Å². The second-order valence-electron chi connectivity index (χ2n) is 6.79. The predicted molar refractivity (Wildman–Crippen MR) is 103 cm³/mol. The van der Waals surface area contributed by atoms with E-state index in [1.54, 1.807) is 17.0 Å². The van der Waals surface area contributed by atoms with E-state index < -0.39 is 23.5 Å². The molecular formula is C20H22N2O5S. The first-order valence-electron chi connectivity index (χ1n) is 9.32. The van der Waals surface area contributed by atoms with E-state index in [1.165, 1.54) is 17.6 Å². The van der Waals surface area contributed by atoms with Crippen molar-refractivity contribution in [3.05, 3.63) is 57.9 Å². The molecule has 1 N–H and O–H groups in total. The summed E-state index contributed by atoms with van der Waals surface area (Å²) in [6.45, 7) is 4.52. The van der Waals surface area contributed by atoms with Gasteiger partial charge >= 0.3 is 0 Å². The van der Waals surface area contributed by atoms with Crippen molar-refractivity contribution in [2.24, 2.45) is 0 Å². The van der Waals surface area contributed by atoms with Gasteiger partial charge in [-0.25, -0.2) is 0 Å². The van der Waals surface area contributed by atoms with E-state index in [2.05, 4.69) is 4.90 Å². The molecule has 7 nitrogen and oxygen atoms in total. The summed E-state index contributed by atoms with van der Waals surface area (Å²) in [4.78, 5) is 30.5. The number of rotatable bonds is 7. The van der Waals surface area contributed by atoms with E-state index in [0.29, 0.717) is 6.54 Å². The summed E-state index contributed by atoms with van der Waals surface area (Å²) in [7, 11) is 0. The second kappa shape index (κ2) is 8.30. The lowest BCUT2D eigenvalue weighted by Gasteiger charge is -2.29. The van der Waals surface area contributed by atoms with Crippen LogP contribution in [-0.2, 0) is 9.53 Å². The van der Waals surface area contributed by atoms with Crippen LogP contribution in [0.2, 0.25) is 0 Å².